The van der Waals surface area contributed by atoms with Crippen LogP contribution < -0.4 is 4.72 Å². The lowest BCUT2D eigenvalue weighted by molar-refractivity contribution is 0.281. The molecule has 0 aromatic heterocycles. The van der Waals surface area contributed by atoms with Crippen LogP contribution in [-0.4, -0.2) is 20.1 Å². The number of sulfonamides is 1. The fourth-order valence-corrected chi connectivity index (χ4v) is 3.69. The largest absolute Gasteiger partial charge is 0.392 e. The molecule has 106 valence electrons. The molecule has 1 aliphatic rings. The third kappa shape index (κ3) is 3.28. The van der Waals surface area contributed by atoms with Gasteiger partial charge in [-0.15, -0.1) is 0 Å². The van der Waals surface area contributed by atoms with Crippen molar-refractivity contribution < 1.29 is 13.5 Å². The minimum Gasteiger partial charge on any atom is -0.392 e. The van der Waals surface area contributed by atoms with Crippen molar-refractivity contribution in [2.24, 2.45) is 11.3 Å². The van der Waals surface area contributed by atoms with E-state index in [1.54, 1.807) is 6.07 Å². The monoisotopic (exact) mass is 303 g/mol. The standard InChI is InChI=1S/C13H18ClNO3S/c1-13(2)6-10(13)7-15-19(17,18)12-5-9(8-16)3-4-11(12)14/h3-5,10,15-16H,6-8H2,1-2H3. The summed E-state index contributed by atoms with van der Waals surface area (Å²) in [6.45, 7) is 4.45. The van der Waals surface area contributed by atoms with Crippen LogP contribution in [0, 0.1) is 11.3 Å². The van der Waals surface area contributed by atoms with E-state index in [1.165, 1.54) is 12.1 Å². The zero-order chi connectivity index (χ0) is 14.3. The Morgan fingerprint density at radius 1 is 1.47 bits per heavy atom. The van der Waals surface area contributed by atoms with E-state index < -0.39 is 10.0 Å². The molecule has 2 N–H and O–H groups in total. The maximum absolute atomic E-state index is 12.2. The Bertz CT molecular complexity index is 584. The molecular formula is C13H18ClNO3S. The van der Waals surface area contributed by atoms with Crippen LogP contribution >= 0.6 is 11.6 Å². The van der Waals surface area contributed by atoms with Crippen LogP contribution in [0.1, 0.15) is 25.8 Å². The Labute approximate surface area is 118 Å². The van der Waals surface area contributed by atoms with Gasteiger partial charge in [-0.3, -0.25) is 0 Å². The number of rotatable bonds is 5. The summed E-state index contributed by atoms with van der Waals surface area (Å²) in [5.74, 6) is 0.377. The lowest BCUT2D eigenvalue weighted by atomic mass is 10.1. The molecule has 0 spiro atoms. The Kier molecular flexibility index (Phi) is 3.93. The molecule has 6 heteroatoms. The summed E-state index contributed by atoms with van der Waals surface area (Å²) >= 11 is 5.92. The third-order valence-electron chi connectivity index (χ3n) is 3.71. The van der Waals surface area contributed by atoms with Crippen molar-refractivity contribution in [2.45, 2.75) is 31.8 Å². The summed E-state index contributed by atoms with van der Waals surface area (Å²) in [5, 5.41) is 9.22. The number of hydrogen-bond donors (Lipinski definition) is 2. The maximum Gasteiger partial charge on any atom is 0.242 e. The predicted molar refractivity (Wildman–Crippen MR) is 74.5 cm³/mol. The highest BCUT2D eigenvalue weighted by atomic mass is 35.5. The number of aliphatic hydroxyl groups is 1. The summed E-state index contributed by atoms with van der Waals surface area (Å²) in [5.41, 5.74) is 0.746. The van der Waals surface area contributed by atoms with Crippen molar-refractivity contribution in [3.05, 3.63) is 28.8 Å². The zero-order valence-corrected chi connectivity index (χ0v) is 12.6. The first-order valence-electron chi connectivity index (χ1n) is 6.15. The molecule has 0 bridgehead atoms. The molecule has 0 amide bonds. The summed E-state index contributed by atoms with van der Waals surface area (Å²) in [6, 6.07) is 4.50. The SMILES string of the molecule is CC1(C)CC1CNS(=O)(=O)c1cc(CO)ccc1Cl. The van der Waals surface area contributed by atoms with E-state index in [4.69, 9.17) is 16.7 Å². The highest BCUT2D eigenvalue weighted by Gasteiger charge is 2.45. The van der Waals surface area contributed by atoms with Crippen LogP contribution in [-0.2, 0) is 16.6 Å². The highest BCUT2D eigenvalue weighted by Crippen LogP contribution is 2.51. The van der Waals surface area contributed by atoms with Crippen LogP contribution in [0.25, 0.3) is 0 Å². The smallest absolute Gasteiger partial charge is 0.242 e. The Hall–Kier alpha value is -0.620. The van der Waals surface area contributed by atoms with E-state index in [1.807, 2.05) is 0 Å². The lowest BCUT2D eigenvalue weighted by Gasteiger charge is -2.10. The van der Waals surface area contributed by atoms with Crippen LogP contribution in [0.4, 0.5) is 0 Å². The molecule has 1 aromatic rings. The normalized spacial score (nSPS) is 21.4. The molecule has 19 heavy (non-hydrogen) atoms. The van der Waals surface area contributed by atoms with Crippen molar-refractivity contribution in [3.8, 4) is 0 Å². The summed E-state index contributed by atoms with van der Waals surface area (Å²) < 4.78 is 27.0. The number of hydrogen-bond acceptors (Lipinski definition) is 3. The molecule has 1 aliphatic carbocycles. The molecule has 0 radical (unpaired) electrons. The molecule has 0 aliphatic heterocycles. The zero-order valence-electron chi connectivity index (χ0n) is 11.0. The van der Waals surface area contributed by atoms with Crippen LogP contribution in [0.5, 0.6) is 0 Å². The summed E-state index contributed by atoms with van der Waals surface area (Å²) in [6.07, 6.45) is 1.03. The second-order valence-corrected chi connectivity index (χ2v) is 7.81. The minimum atomic E-state index is -3.62. The molecular weight excluding hydrogens is 286 g/mol. The fourth-order valence-electron chi connectivity index (χ4n) is 2.06. The number of aliphatic hydroxyl groups excluding tert-OH is 1. The van der Waals surface area contributed by atoms with E-state index in [9.17, 15) is 8.42 Å². The molecule has 1 fully saturated rings. The van der Waals surface area contributed by atoms with Crippen molar-refractivity contribution in [3.63, 3.8) is 0 Å². The van der Waals surface area contributed by atoms with E-state index >= 15 is 0 Å². The molecule has 1 saturated carbocycles. The number of benzene rings is 1. The first kappa shape index (κ1) is 14.8. The Balaban J connectivity index is 2.15. The van der Waals surface area contributed by atoms with Crippen molar-refractivity contribution in [2.75, 3.05) is 6.54 Å². The van der Waals surface area contributed by atoms with Gasteiger partial charge in [0.15, 0.2) is 0 Å². The average molecular weight is 304 g/mol. The Morgan fingerprint density at radius 3 is 2.63 bits per heavy atom. The predicted octanol–water partition coefficient (Wildman–Crippen LogP) is 2.16. The molecule has 1 unspecified atom stereocenters. The second-order valence-electron chi connectivity index (χ2n) is 5.66. The van der Waals surface area contributed by atoms with E-state index in [2.05, 4.69) is 18.6 Å². The molecule has 2 rings (SSSR count). The van der Waals surface area contributed by atoms with E-state index in [-0.39, 0.29) is 21.9 Å². The van der Waals surface area contributed by atoms with Gasteiger partial charge in [-0.25, -0.2) is 13.1 Å². The van der Waals surface area contributed by atoms with Gasteiger partial charge < -0.3 is 5.11 Å². The van der Waals surface area contributed by atoms with Crippen LogP contribution in [0.15, 0.2) is 23.1 Å². The topological polar surface area (TPSA) is 66.4 Å². The van der Waals surface area contributed by atoms with Crippen molar-refractivity contribution in [1.29, 1.82) is 0 Å². The molecule has 0 saturated heterocycles. The quantitative estimate of drug-likeness (QED) is 0.876. The number of halogens is 1. The van der Waals surface area contributed by atoms with E-state index in [0.29, 0.717) is 18.0 Å². The van der Waals surface area contributed by atoms with Gasteiger partial charge in [0.1, 0.15) is 4.90 Å². The van der Waals surface area contributed by atoms with Crippen LogP contribution in [0.3, 0.4) is 0 Å². The van der Waals surface area contributed by atoms with E-state index in [0.717, 1.165) is 6.42 Å². The first-order chi connectivity index (χ1) is 8.76. The van der Waals surface area contributed by atoms with Gasteiger partial charge in [0.25, 0.3) is 0 Å². The average Bonchev–Trinajstić information content (AvgIpc) is 2.95. The van der Waals surface area contributed by atoms with Gasteiger partial charge >= 0.3 is 0 Å². The van der Waals surface area contributed by atoms with Crippen molar-refractivity contribution >= 4 is 21.6 Å². The van der Waals surface area contributed by atoms with Gasteiger partial charge in [0, 0.05) is 6.54 Å². The third-order valence-corrected chi connectivity index (χ3v) is 5.61. The minimum absolute atomic E-state index is 0.0270. The summed E-state index contributed by atoms with van der Waals surface area (Å²) in [4.78, 5) is 0.0270. The lowest BCUT2D eigenvalue weighted by Crippen LogP contribution is -2.27. The molecule has 4 nitrogen and oxygen atoms in total. The molecule has 0 heterocycles. The Morgan fingerprint density at radius 2 is 2.11 bits per heavy atom. The highest BCUT2D eigenvalue weighted by molar-refractivity contribution is 7.89. The van der Waals surface area contributed by atoms with Crippen LogP contribution in [0.2, 0.25) is 5.02 Å². The first-order valence-corrected chi connectivity index (χ1v) is 8.01. The molecule has 1 aromatic carbocycles. The molecule has 1 atom stereocenters. The summed E-state index contributed by atoms with van der Waals surface area (Å²) in [7, 11) is -3.62. The van der Waals surface area contributed by atoms with Gasteiger partial charge in [0.05, 0.1) is 11.6 Å². The van der Waals surface area contributed by atoms with Gasteiger partial charge in [-0.1, -0.05) is 31.5 Å². The number of nitrogens with one attached hydrogen (secondary N) is 1. The second kappa shape index (κ2) is 5.05. The fraction of sp³-hybridized carbons (Fsp3) is 0.538. The van der Waals surface area contributed by atoms with Gasteiger partial charge in [0.2, 0.25) is 10.0 Å². The van der Waals surface area contributed by atoms with Gasteiger partial charge in [-0.2, -0.15) is 0 Å². The van der Waals surface area contributed by atoms with Gasteiger partial charge in [-0.05, 0) is 35.4 Å². The van der Waals surface area contributed by atoms with Crippen molar-refractivity contribution in [1.82, 2.24) is 4.72 Å². The maximum atomic E-state index is 12.2.